The lowest BCUT2D eigenvalue weighted by Gasteiger charge is -2.13. The van der Waals surface area contributed by atoms with Crippen LogP contribution in [0.4, 0.5) is 8.78 Å². The van der Waals surface area contributed by atoms with Gasteiger partial charge in [-0.3, -0.25) is 0 Å². The van der Waals surface area contributed by atoms with E-state index in [1.165, 1.54) is 0 Å². The van der Waals surface area contributed by atoms with E-state index in [9.17, 15) is 8.78 Å². The second kappa shape index (κ2) is 3.48. The number of rotatable bonds is 2. The minimum atomic E-state index is -0.612. The molecule has 14 heavy (non-hydrogen) atoms. The fourth-order valence-corrected chi connectivity index (χ4v) is 1.82. The van der Waals surface area contributed by atoms with Crippen molar-refractivity contribution in [2.75, 3.05) is 0 Å². The van der Waals surface area contributed by atoms with Crippen LogP contribution in [-0.4, -0.2) is 0 Å². The third-order valence-electron chi connectivity index (χ3n) is 2.54. The van der Waals surface area contributed by atoms with E-state index in [2.05, 4.69) is 0 Å². The third kappa shape index (κ3) is 1.62. The van der Waals surface area contributed by atoms with E-state index in [1.807, 2.05) is 0 Å². The van der Waals surface area contributed by atoms with Gasteiger partial charge in [-0.05, 0) is 30.9 Å². The van der Waals surface area contributed by atoms with E-state index in [-0.39, 0.29) is 16.5 Å². The molecule has 0 heterocycles. The lowest BCUT2D eigenvalue weighted by atomic mass is 10.0. The summed E-state index contributed by atoms with van der Waals surface area (Å²) in [5.41, 5.74) is 5.90. The first-order valence-electron chi connectivity index (χ1n) is 4.50. The van der Waals surface area contributed by atoms with Crippen LogP contribution in [-0.2, 0) is 0 Å². The van der Waals surface area contributed by atoms with Crippen molar-refractivity contribution in [3.05, 3.63) is 34.4 Å². The highest BCUT2D eigenvalue weighted by molar-refractivity contribution is 6.31. The van der Waals surface area contributed by atoms with E-state index in [4.69, 9.17) is 17.3 Å². The fourth-order valence-electron chi connectivity index (χ4n) is 1.54. The van der Waals surface area contributed by atoms with Gasteiger partial charge in [-0.2, -0.15) is 0 Å². The fraction of sp³-hybridized carbons (Fsp3) is 0.400. The highest BCUT2D eigenvalue weighted by atomic mass is 35.5. The van der Waals surface area contributed by atoms with Crippen LogP contribution in [0.1, 0.15) is 24.4 Å². The van der Waals surface area contributed by atoms with E-state index in [0.717, 1.165) is 25.0 Å². The normalized spacial score (nSPS) is 18.3. The Balaban J connectivity index is 2.43. The molecule has 2 rings (SSSR count). The summed E-state index contributed by atoms with van der Waals surface area (Å²) >= 11 is 5.67. The number of halogens is 3. The summed E-state index contributed by atoms with van der Waals surface area (Å²) in [6, 6.07) is 1.61. The van der Waals surface area contributed by atoms with Crippen LogP contribution in [0.2, 0.25) is 5.02 Å². The van der Waals surface area contributed by atoms with Gasteiger partial charge < -0.3 is 5.73 Å². The van der Waals surface area contributed by atoms with Crippen molar-refractivity contribution in [2.45, 2.75) is 18.9 Å². The zero-order valence-corrected chi connectivity index (χ0v) is 8.19. The molecule has 1 aliphatic rings. The highest BCUT2D eigenvalue weighted by Gasteiger charge is 2.33. The molecular weight excluding hydrogens is 208 g/mol. The molecule has 0 aromatic heterocycles. The third-order valence-corrected chi connectivity index (χ3v) is 2.93. The summed E-state index contributed by atoms with van der Waals surface area (Å²) in [4.78, 5) is 0. The van der Waals surface area contributed by atoms with Crippen LogP contribution in [0.3, 0.4) is 0 Å². The summed E-state index contributed by atoms with van der Waals surface area (Å²) in [5, 5.41) is -0.176. The topological polar surface area (TPSA) is 26.0 Å². The maximum atomic E-state index is 13.3. The SMILES string of the molecule is N[C@@H](c1c(F)ccc(F)c1Cl)C1CC1. The zero-order chi connectivity index (χ0) is 10.3. The van der Waals surface area contributed by atoms with Gasteiger partial charge in [-0.1, -0.05) is 11.6 Å². The predicted octanol–water partition coefficient (Wildman–Crippen LogP) is 3.03. The molecule has 0 unspecified atom stereocenters. The molecule has 1 atom stereocenters. The van der Waals surface area contributed by atoms with Gasteiger partial charge in [-0.25, -0.2) is 8.78 Å². The van der Waals surface area contributed by atoms with E-state index < -0.39 is 17.7 Å². The van der Waals surface area contributed by atoms with Gasteiger partial charge in [0, 0.05) is 11.6 Å². The monoisotopic (exact) mass is 217 g/mol. The first kappa shape index (κ1) is 9.87. The molecule has 2 N–H and O–H groups in total. The molecule has 1 aromatic rings. The Morgan fingerprint density at radius 3 is 2.43 bits per heavy atom. The molecule has 0 spiro atoms. The smallest absolute Gasteiger partial charge is 0.142 e. The van der Waals surface area contributed by atoms with Crippen molar-refractivity contribution in [1.29, 1.82) is 0 Å². The Morgan fingerprint density at radius 2 is 1.86 bits per heavy atom. The summed E-state index contributed by atoms with van der Waals surface area (Å²) in [5.74, 6) is -0.876. The zero-order valence-electron chi connectivity index (χ0n) is 7.43. The van der Waals surface area contributed by atoms with Crippen molar-refractivity contribution in [3.63, 3.8) is 0 Å². The molecular formula is C10H10ClF2N. The van der Waals surface area contributed by atoms with E-state index >= 15 is 0 Å². The van der Waals surface area contributed by atoms with E-state index in [1.54, 1.807) is 0 Å². The Hall–Kier alpha value is -0.670. The Labute approximate surface area is 85.9 Å². The summed E-state index contributed by atoms with van der Waals surface area (Å²) in [6.07, 6.45) is 1.93. The molecule has 0 bridgehead atoms. The summed E-state index contributed by atoms with van der Waals surface area (Å²) < 4.78 is 26.4. The number of hydrogen-bond acceptors (Lipinski definition) is 1. The Bertz CT molecular complexity index is 363. The summed E-state index contributed by atoms with van der Waals surface area (Å²) in [6.45, 7) is 0. The Morgan fingerprint density at radius 1 is 1.29 bits per heavy atom. The van der Waals surface area contributed by atoms with Crippen LogP contribution < -0.4 is 5.73 Å². The van der Waals surface area contributed by atoms with Crippen molar-refractivity contribution < 1.29 is 8.78 Å². The predicted molar refractivity (Wildman–Crippen MR) is 51.0 cm³/mol. The Kier molecular flexibility index (Phi) is 2.45. The first-order valence-corrected chi connectivity index (χ1v) is 4.88. The molecule has 1 aromatic carbocycles. The quantitative estimate of drug-likeness (QED) is 0.758. The molecule has 4 heteroatoms. The largest absolute Gasteiger partial charge is 0.324 e. The first-order chi connectivity index (χ1) is 6.61. The van der Waals surface area contributed by atoms with Crippen molar-refractivity contribution in [2.24, 2.45) is 11.7 Å². The van der Waals surface area contributed by atoms with Gasteiger partial charge in [0.15, 0.2) is 0 Å². The molecule has 0 amide bonds. The van der Waals surface area contributed by atoms with Gasteiger partial charge >= 0.3 is 0 Å². The lowest BCUT2D eigenvalue weighted by molar-refractivity contribution is 0.540. The van der Waals surface area contributed by atoms with Crippen LogP contribution in [0.15, 0.2) is 12.1 Å². The van der Waals surface area contributed by atoms with Gasteiger partial charge in [0.25, 0.3) is 0 Å². The molecule has 0 saturated heterocycles. The number of hydrogen-bond donors (Lipinski definition) is 1. The molecule has 76 valence electrons. The van der Waals surface area contributed by atoms with Crippen LogP contribution in [0.5, 0.6) is 0 Å². The molecule has 0 radical (unpaired) electrons. The van der Waals surface area contributed by atoms with Crippen molar-refractivity contribution in [3.8, 4) is 0 Å². The molecule has 1 aliphatic carbocycles. The van der Waals surface area contributed by atoms with Crippen molar-refractivity contribution in [1.82, 2.24) is 0 Å². The van der Waals surface area contributed by atoms with Crippen LogP contribution in [0.25, 0.3) is 0 Å². The van der Waals surface area contributed by atoms with Crippen molar-refractivity contribution >= 4 is 11.6 Å². The second-order valence-electron chi connectivity index (χ2n) is 3.62. The standard InChI is InChI=1S/C10H10ClF2N/c11-9-7(13)4-3-6(12)8(9)10(14)5-1-2-5/h3-5,10H,1-2,14H2/t10-/m1/s1. The number of benzene rings is 1. The number of nitrogens with two attached hydrogens (primary N) is 1. The average Bonchev–Trinajstić information content (AvgIpc) is 2.95. The van der Waals surface area contributed by atoms with E-state index in [0.29, 0.717) is 0 Å². The second-order valence-corrected chi connectivity index (χ2v) is 4.00. The summed E-state index contributed by atoms with van der Waals surface area (Å²) in [7, 11) is 0. The van der Waals surface area contributed by atoms with Crippen LogP contribution >= 0.6 is 11.6 Å². The minimum Gasteiger partial charge on any atom is -0.324 e. The maximum absolute atomic E-state index is 13.3. The van der Waals surface area contributed by atoms with Crippen LogP contribution in [0, 0.1) is 17.6 Å². The van der Waals surface area contributed by atoms with Gasteiger partial charge in [0.05, 0.1) is 5.02 Å². The lowest BCUT2D eigenvalue weighted by Crippen LogP contribution is -2.15. The molecule has 1 saturated carbocycles. The highest BCUT2D eigenvalue weighted by Crippen LogP contribution is 2.42. The van der Waals surface area contributed by atoms with Gasteiger partial charge in [-0.15, -0.1) is 0 Å². The van der Waals surface area contributed by atoms with Gasteiger partial charge in [0.2, 0.25) is 0 Å². The molecule has 1 nitrogen and oxygen atoms in total. The average molecular weight is 218 g/mol. The molecule has 0 aliphatic heterocycles. The minimum absolute atomic E-state index is 0.120. The molecule has 1 fully saturated rings. The van der Waals surface area contributed by atoms with Gasteiger partial charge in [0.1, 0.15) is 11.6 Å². The maximum Gasteiger partial charge on any atom is 0.142 e.